The molecule has 0 aromatic heterocycles. The number of aliphatic imine (C=N–C) groups is 1. The van der Waals surface area contributed by atoms with Gasteiger partial charge in [0.2, 0.25) is 0 Å². The number of nitrogens with two attached hydrogens (primary N) is 1. The highest BCUT2D eigenvalue weighted by Crippen LogP contribution is 2.22. The van der Waals surface area contributed by atoms with Crippen LogP contribution in [0.2, 0.25) is 0 Å². The Balaban J connectivity index is 2.24. The Labute approximate surface area is 108 Å². The zero-order valence-corrected chi connectivity index (χ0v) is 11.0. The number of rotatable bonds is 2. The number of amidine groups is 1. The van der Waals surface area contributed by atoms with Crippen molar-refractivity contribution < 1.29 is 4.39 Å². The van der Waals surface area contributed by atoms with Gasteiger partial charge in [0.05, 0.1) is 10.5 Å². The van der Waals surface area contributed by atoms with Gasteiger partial charge in [-0.05, 0) is 47.0 Å². The average molecular weight is 300 g/mol. The maximum atomic E-state index is 13.4. The number of hydrogen-bond acceptors (Lipinski definition) is 2. The summed E-state index contributed by atoms with van der Waals surface area (Å²) < 4.78 is 13.9. The van der Waals surface area contributed by atoms with Crippen molar-refractivity contribution in [2.24, 2.45) is 10.8 Å². The van der Waals surface area contributed by atoms with Crippen molar-refractivity contribution in [3.05, 3.63) is 34.1 Å². The third-order valence-electron chi connectivity index (χ3n) is 2.97. The fraction of sp³-hybridized carbons (Fsp3) is 0.417. The summed E-state index contributed by atoms with van der Waals surface area (Å²) in [6, 6.07) is 5.19. The van der Waals surface area contributed by atoms with Crippen LogP contribution in [0.4, 0.5) is 4.39 Å². The maximum absolute atomic E-state index is 13.4. The highest BCUT2D eigenvalue weighted by Gasteiger charge is 2.15. The first-order chi connectivity index (χ1) is 8.20. The summed E-state index contributed by atoms with van der Waals surface area (Å²) in [5.41, 5.74) is 3.24. The molecule has 0 radical (unpaired) electrons. The van der Waals surface area contributed by atoms with Crippen LogP contribution in [0, 0.1) is 5.82 Å². The smallest absolute Gasteiger partial charge is 0.142 e. The molecular weight excluding hydrogens is 285 g/mol. The lowest BCUT2D eigenvalue weighted by molar-refractivity contribution is 0.620. The SMILES string of the molecule is NNC(=NC1CCCC1)c1ccc(Br)c(F)c1. The third-order valence-corrected chi connectivity index (χ3v) is 3.61. The van der Waals surface area contributed by atoms with Gasteiger partial charge in [0, 0.05) is 5.56 Å². The van der Waals surface area contributed by atoms with Gasteiger partial charge in [-0.1, -0.05) is 12.8 Å². The largest absolute Gasteiger partial charge is 0.308 e. The summed E-state index contributed by atoms with van der Waals surface area (Å²) in [4.78, 5) is 4.53. The first-order valence-corrected chi connectivity index (χ1v) is 6.50. The van der Waals surface area contributed by atoms with E-state index in [0.29, 0.717) is 21.9 Å². The van der Waals surface area contributed by atoms with Crippen LogP contribution in [0.3, 0.4) is 0 Å². The topological polar surface area (TPSA) is 50.4 Å². The number of nitrogens with one attached hydrogen (secondary N) is 1. The van der Waals surface area contributed by atoms with Gasteiger partial charge >= 0.3 is 0 Å². The predicted molar refractivity (Wildman–Crippen MR) is 70.2 cm³/mol. The fourth-order valence-electron chi connectivity index (χ4n) is 2.05. The predicted octanol–water partition coefficient (Wildman–Crippen LogP) is 2.74. The fourth-order valence-corrected chi connectivity index (χ4v) is 2.30. The van der Waals surface area contributed by atoms with E-state index in [4.69, 9.17) is 5.84 Å². The Kier molecular flexibility index (Phi) is 4.12. The van der Waals surface area contributed by atoms with Crippen molar-refractivity contribution in [2.45, 2.75) is 31.7 Å². The summed E-state index contributed by atoms with van der Waals surface area (Å²) in [5.74, 6) is 5.71. The van der Waals surface area contributed by atoms with Crippen LogP contribution in [0.15, 0.2) is 27.7 Å². The number of hydrogen-bond donors (Lipinski definition) is 2. The summed E-state index contributed by atoms with van der Waals surface area (Å²) in [6.45, 7) is 0. The molecule has 0 aliphatic heterocycles. The van der Waals surface area contributed by atoms with Crippen molar-refractivity contribution in [1.82, 2.24) is 5.43 Å². The monoisotopic (exact) mass is 299 g/mol. The summed E-state index contributed by atoms with van der Waals surface area (Å²) in [7, 11) is 0. The van der Waals surface area contributed by atoms with Gasteiger partial charge in [0.25, 0.3) is 0 Å². The number of nitrogens with zero attached hydrogens (tertiary/aromatic N) is 1. The Morgan fingerprint density at radius 2 is 2.12 bits per heavy atom. The van der Waals surface area contributed by atoms with E-state index in [9.17, 15) is 4.39 Å². The molecule has 17 heavy (non-hydrogen) atoms. The van der Waals surface area contributed by atoms with Crippen LogP contribution in [-0.4, -0.2) is 11.9 Å². The van der Waals surface area contributed by atoms with Crippen LogP contribution in [0.25, 0.3) is 0 Å². The molecule has 92 valence electrons. The molecule has 1 aromatic carbocycles. The van der Waals surface area contributed by atoms with Gasteiger partial charge in [-0.15, -0.1) is 0 Å². The third kappa shape index (κ3) is 3.04. The molecule has 3 nitrogen and oxygen atoms in total. The van der Waals surface area contributed by atoms with Crippen LogP contribution in [0.1, 0.15) is 31.2 Å². The molecule has 2 rings (SSSR count). The van der Waals surface area contributed by atoms with E-state index in [1.165, 1.54) is 18.9 Å². The Bertz CT molecular complexity index is 428. The molecule has 1 aromatic rings. The number of benzene rings is 1. The van der Waals surface area contributed by atoms with E-state index in [1.54, 1.807) is 12.1 Å². The Morgan fingerprint density at radius 3 is 2.71 bits per heavy atom. The highest BCUT2D eigenvalue weighted by molar-refractivity contribution is 9.10. The van der Waals surface area contributed by atoms with Crippen LogP contribution in [-0.2, 0) is 0 Å². The minimum atomic E-state index is -0.308. The van der Waals surface area contributed by atoms with Crippen molar-refractivity contribution in [1.29, 1.82) is 0 Å². The van der Waals surface area contributed by atoms with Crippen LogP contribution in [0.5, 0.6) is 0 Å². The molecule has 1 aliphatic carbocycles. The lowest BCUT2D eigenvalue weighted by Gasteiger charge is -2.10. The van der Waals surface area contributed by atoms with E-state index in [2.05, 4.69) is 26.3 Å². The average Bonchev–Trinajstić information content (AvgIpc) is 2.82. The molecule has 3 N–H and O–H groups in total. The molecular formula is C12H15BrFN3. The van der Waals surface area contributed by atoms with E-state index in [1.807, 2.05) is 0 Å². The molecule has 1 saturated carbocycles. The van der Waals surface area contributed by atoms with Gasteiger partial charge in [0.1, 0.15) is 11.7 Å². The van der Waals surface area contributed by atoms with E-state index in [-0.39, 0.29) is 5.82 Å². The van der Waals surface area contributed by atoms with Gasteiger partial charge in [-0.2, -0.15) is 0 Å². The first kappa shape index (κ1) is 12.5. The highest BCUT2D eigenvalue weighted by atomic mass is 79.9. The van der Waals surface area contributed by atoms with Crippen molar-refractivity contribution in [2.75, 3.05) is 0 Å². The second-order valence-corrected chi connectivity index (χ2v) is 5.04. The maximum Gasteiger partial charge on any atom is 0.142 e. The van der Waals surface area contributed by atoms with E-state index < -0.39 is 0 Å². The Morgan fingerprint density at radius 1 is 1.41 bits per heavy atom. The zero-order valence-electron chi connectivity index (χ0n) is 9.42. The molecule has 5 heteroatoms. The number of hydrazine groups is 1. The van der Waals surface area contributed by atoms with Crippen molar-refractivity contribution in [3.8, 4) is 0 Å². The molecule has 0 atom stereocenters. The molecule has 0 spiro atoms. The van der Waals surface area contributed by atoms with Gasteiger partial charge < -0.3 is 5.43 Å². The quantitative estimate of drug-likeness (QED) is 0.382. The zero-order chi connectivity index (χ0) is 12.3. The normalized spacial score (nSPS) is 17.5. The Hall–Kier alpha value is -0.940. The minimum Gasteiger partial charge on any atom is -0.308 e. The standard InChI is InChI=1S/C12H15BrFN3/c13-10-6-5-8(7-11(10)14)12(17-15)16-9-3-1-2-4-9/h5-7,9H,1-4,15H2,(H,16,17). The lowest BCUT2D eigenvalue weighted by atomic mass is 10.2. The molecule has 0 heterocycles. The van der Waals surface area contributed by atoms with E-state index >= 15 is 0 Å². The molecule has 0 saturated heterocycles. The van der Waals surface area contributed by atoms with Crippen molar-refractivity contribution >= 4 is 21.8 Å². The van der Waals surface area contributed by atoms with Crippen LogP contribution < -0.4 is 11.3 Å². The number of halogens is 2. The van der Waals surface area contributed by atoms with Crippen molar-refractivity contribution in [3.63, 3.8) is 0 Å². The van der Waals surface area contributed by atoms with E-state index in [0.717, 1.165) is 12.8 Å². The first-order valence-electron chi connectivity index (χ1n) is 5.70. The van der Waals surface area contributed by atoms with Gasteiger partial charge in [-0.25, -0.2) is 10.2 Å². The molecule has 0 bridgehead atoms. The summed E-state index contributed by atoms with van der Waals surface area (Å²) in [6.07, 6.45) is 4.59. The van der Waals surface area contributed by atoms with Gasteiger partial charge in [-0.3, -0.25) is 4.99 Å². The lowest BCUT2D eigenvalue weighted by Crippen LogP contribution is -2.32. The molecule has 1 aliphatic rings. The van der Waals surface area contributed by atoms with Crippen LogP contribution >= 0.6 is 15.9 Å². The second-order valence-electron chi connectivity index (χ2n) is 4.19. The minimum absolute atomic E-state index is 0.308. The summed E-state index contributed by atoms with van der Waals surface area (Å²) >= 11 is 3.12. The molecule has 0 amide bonds. The van der Waals surface area contributed by atoms with Gasteiger partial charge in [0.15, 0.2) is 0 Å². The molecule has 1 fully saturated rings. The second kappa shape index (κ2) is 5.60. The summed E-state index contributed by atoms with van der Waals surface area (Å²) in [5, 5.41) is 0. The molecule has 0 unspecified atom stereocenters.